The van der Waals surface area contributed by atoms with Gasteiger partial charge in [-0.15, -0.1) is 0 Å². The van der Waals surface area contributed by atoms with Crippen LogP contribution in [0.2, 0.25) is 0 Å². The van der Waals surface area contributed by atoms with E-state index in [-0.39, 0.29) is 6.54 Å². The highest BCUT2D eigenvalue weighted by atomic mass is 32.2. The minimum absolute atomic E-state index is 0.0209. The van der Waals surface area contributed by atoms with Gasteiger partial charge < -0.3 is 9.88 Å². The van der Waals surface area contributed by atoms with Gasteiger partial charge in [0.1, 0.15) is 11.5 Å². The molecule has 0 spiro atoms. The Bertz CT molecular complexity index is 2000. The molecule has 0 radical (unpaired) electrons. The molecule has 40 heavy (non-hydrogen) atoms. The van der Waals surface area contributed by atoms with Crippen molar-refractivity contribution in [2.75, 3.05) is 25.3 Å². The van der Waals surface area contributed by atoms with Crippen molar-refractivity contribution in [3.8, 4) is 33.6 Å². The molecule has 0 unspecified atom stereocenters. The number of aromatic nitrogens is 6. The third-order valence-corrected chi connectivity index (χ3v) is 7.27. The highest BCUT2D eigenvalue weighted by molar-refractivity contribution is 7.88. The maximum Gasteiger partial charge on any atom is 0.209 e. The Morgan fingerprint density at radius 3 is 2.50 bits per heavy atom. The van der Waals surface area contributed by atoms with Gasteiger partial charge in [0.25, 0.3) is 0 Å². The molecule has 3 N–H and O–H groups in total. The molecule has 5 aromatic heterocycles. The van der Waals surface area contributed by atoms with E-state index in [1.165, 1.54) is 12.1 Å². The maximum atomic E-state index is 14.5. The largest absolute Gasteiger partial charge is 0.376 e. The molecule has 0 bridgehead atoms. The Hall–Kier alpha value is -4.68. The third kappa shape index (κ3) is 5.01. The summed E-state index contributed by atoms with van der Waals surface area (Å²) >= 11 is 0. The van der Waals surface area contributed by atoms with Gasteiger partial charge >= 0.3 is 0 Å². The zero-order chi connectivity index (χ0) is 28.0. The second-order valence-electron chi connectivity index (χ2n) is 9.79. The van der Waals surface area contributed by atoms with E-state index < -0.39 is 15.8 Å². The fourth-order valence-electron chi connectivity index (χ4n) is 4.63. The smallest absolute Gasteiger partial charge is 0.209 e. The van der Waals surface area contributed by atoms with E-state index in [1.54, 1.807) is 37.1 Å². The van der Waals surface area contributed by atoms with Crippen LogP contribution in [0.3, 0.4) is 0 Å². The van der Waals surface area contributed by atoms with Crippen LogP contribution >= 0.6 is 0 Å². The lowest BCUT2D eigenvalue weighted by atomic mass is 10.0. The van der Waals surface area contributed by atoms with E-state index in [1.807, 2.05) is 31.1 Å². The first-order valence-corrected chi connectivity index (χ1v) is 14.2. The zero-order valence-electron chi connectivity index (χ0n) is 21.9. The van der Waals surface area contributed by atoms with E-state index in [4.69, 9.17) is 0 Å². The van der Waals surface area contributed by atoms with Gasteiger partial charge in [-0.05, 0) is 47.5 Å². The first-order valence-electron chi connectivity index (χ1n) is 12.3. The van der Waals surface area contributed by atoms with Gasteiger partial charge in [-0.3, -0.25) is 15.1 Å². The molecular formula is C28H25FN8O2S. The van der Waals surface area contributed by atoms with E-state index >= 15 is 0 Å². The molecule has 5 heterocycles. The normalized spacial score (nSPS) is 11.9. The van der Waals surface area contributed by atoms with Crippen molar-refractivity contribution in [2.24, 2.45) is 0 Å². The summed E-state index contributed by atoms with van der Waals surface area (Å²) in [6.45, 7) is -0.0209. The molecule has 6 aromatic rings. The zero-order valence-corrected chi connectivity index (χ0v) is 22.7. The number of hydrogen-bond donors (Lipinski definition) is 3. The minimum atomic E-state index is -3.42. The summed E-state index contributed by atoms with van der Waals surface area (Å²) in [5, 5.41) is 9.18. The Labute approximate surface area is 229 Å². The predicted octanol–water partition coefficient (Wildman–Crippen LogP) is 4.48. The number of hydrogen-bond acceptors (Lipinski definition) is 7. The molecule has 12 heteroatoms. The first kappa shape index (κ1) is 25.6. The summed E-state index contributed by atoms with van der Waals surface area (Å²) in [7, 11) is 0.505. The van der Waals surface area contributed by atoms with Crippen molar-refractivity contribution in [3.05, 3.63) is 78.8 Å². The average Bonchev–Trinajstić information content (AvgIpc) is 3.55. The van der Waals surface area contributed by atoms with E-state index in [0.29, 0.717) is 28.0 Å². The van der Waals surface area contributed by atoms with Crippen molar-refractivity contribution in [1.29, 1.82) is 0 Å². The quantitative estimate of drug-likeness (QED) is 0.264. The standard InChI is InChI=1S/C28H25FN8O2S/c1-37(2)21-7-18(11-30-13-21)19-8-23-27(35-36-28(23)32-12-19)25-9-22-24(14-31-15-26(22)34-25)17-4-16(5-20(29)6-17)10-33-40(3,38)39/h4-9,11-15,33-34H,10H2,1-3H3,(H,32,35,36). The number of H-pyrrole nitrogens is 2. The number of aromatic amines is 2. The predicted molar refractivity (Wildman–Crippen MR) is 154 cm³/mol. The molecule has 10 nitrogen and oxygen atoms in total. The fraction of sp³-hybridized carbons (Fsp3) is 0.143. The highest BCUT2D eigenvalue weighted by Crippen LogP contribution is 2.35. The summed E-state index contributed by atoms with van der Waals surface area (Å²) in [6.07, 6.45) is 9.82. The van der Waals surface area contributed by atoms with Crippen LogP contribution in [0.15, 0.2) is 67.4 Å². The van der Waals surface area contributed by atoms with Crippen LogP contribution in [0.4, 0.5) is 10.1 Å². The summed E-state index contributed by atoms with van der Waals surface area (Å²) in [5.41, 5.74) is 7.40. The van der Waals surface area contributed by atoms with Crippen LogP contribution in [0.5, 0.6) is 0 Å². The Morgan fingerprint density at radius 1 is 0.900 bits per heavy atom. The SMILES string of the molecule is CN(C)c1cncc(-c2cnc3[nH]nc(-c4cc5c(-c6cc(F)cc(CNS(C)(=O)=O)c6)cncc5[nH]4)c3c2)c1. The minimum Gasteiger partial charge on any atom is -0.376 e. The van der Waals surface area contributed by atoms with Gasteiger partial charge in [-0.1, -0.05) is 0 Å². The highest BCUT2D eigenvalue weighted by Gasteiger charge is 2.16. The number of rotatable bonds is 7. The van der Waals surface area contributed by atoms with Gasteiger partial charge in [0.2, 0.25) is 10.0 Å². The maximum absolute atomic E-state index is 14.5. The van der Waals surface area contributed by atoms with Crippen molar-refractivity contribution in [3.63, 3.8) is 0 Å². The lowest BCUT2D eigenvalue weighted by Gasteiger charge is -2.12. The number of fused-ring (bicyclic) bond motifs is 2. The second kappa shape index (κ2) is 9.81. The van der Waals surface area contributed by atoms with Crippen LogP contribution in [-0.2, 0) is 16.6 Å². The van der Waals surface area contributed by atoms with Crippen molar-refractivity contribution < 1.29 is 12.8 Å². The first-order chi connectivity index (χ1) is 19.1. The van der Waals surface area contributed by atoms with Gasteiger partial charge in [0.05, 0.1) is 35.5 Å². The van der Waals surface area contributed by atoms with Gasteiger partial charge in [0.15, 0.2) is 5.65 Å². The van der Waals surface area contributed by atoms with Crippen molar-refractivity contribution in [1.82, 2.24) is 34.9 Å². The monoisotopic (exact) mass is 556 g/mol. The summed E-state index contributed by atoms with van der Waals surface area (Å²) in [4.78, 5) is 18.7. The van der Waals surface area contributed by atoms with Crippen LogP contribution in [0, 0.1) is 5.82 Å². The molecule has 0 aliphatic heterocycles. The van der Waals surface area contributed by atoms with Crippen LogP contribution in [0.25, 0.3) is 55.6 Å². The number of anilines is 1. The Morgan fingerprint density at radius 2 is 1.70 bits per heavy atom. The van der Waals surface area contributed by atoms with Crippen LogP contribution < -0.4 is 9.62 Å². The van der Waals surface area contributed by atoms with Gasteiger partial charge in [0, 0.05) is 66.7 Å². The third-order valence-electron chi connectivity index (χ3n) is 6.60. The number of nitrogens with zero attached hydrogens (tertiary/aromatic N) is 5. The molecule has 202 valence electrons. The lowest BCUT2D eigenvalue weighted by Crippen LogP contribution is -2.21. The molecule has 0 amide bonds. The Balaban J connectivity index is 1.42. The van der Waals surface area contributed by atoms with Crippen molar-refractivity contribution in [2.45, 2.75) is 6.54 Å². The topological polar surface area (TPSA) is 133 Å². The van der Waals surface area contributed by atoms with Crippen LogP contribution in [-0.4, -0.2) is 58.9 Å². The molecule has 0 saturated carbocycles. The van der Waals surface area contributed by atoms with E-state index in [2.05, 4.69) is 40.9 Å². The van der Waals surface area contributed by atoms with Gasteiger partial charge in [-0.2, -0.15) is 5.10 Å². The molecule has 0 aliphatic carbocycles. The average molecular weight is 557 g/mol. The van der Waals surface area contributed by atoms with E-state index in [9.17, 15) is 12.8 Å². The van der Waals surface area contributed by atoms with Gasteiger partial charge in [-0.25, -0.2) is 22.5 Å². The lowest BCUT2D eigenvalue weighted by molar-refractivity contribution is 0.586. The number of halogens is 1. The molecule has 0 atom stereocenters. The number of nitrogens with one attached hydrogen (secondary N) is 3. The summed E-state index contributed by atoms with van der Waals surface area (Å²) < 4.78 is 40.0. The van der Waals surface area contributed by atoms with Crippen molar-refractivity contribution >= 4 is 37.6 Å². The fourth-order valence-corrected chi connectivity index (χ4v) is 5.06. The molecule has 0 saturated heterocycles. The number of sulfonamides is 1. The second-order valence-corrected chi connectivity index (χ2v) is 11.6. The molecular weight excluding hydrogens is 531 g/mol. The molecule has 6 rings (SSSR count). The number of benzene rings is 1. The molecule has 1 aromatic carbocycles. The van der Waals surface area contributed by atoms with E-state index in [0.717, 1.165) is 45.1 Å². The number of pyridine rings is 3. The summed E-state index contributed by atoms with van der Waals surface area (Å²) in [6, 6.07) is 10.5. The molecule has 0 fully saturated rings. The molecule has 0 aliphatic rings. The van der Waals surface area contributed by atoms with Crippen LogP contribution in [0.1, 0.15) is 5.56 Å². The Kier molecular flexibility index (Phi) is 6.28. The summed E-state index contributed by atoms with van der Waals surface area (Å²) in [5.74, 6) is -0.472.